The molecular weight excluding hydrogens is 264 g/mol. The van der Waals surface area contributed by atoms with Crippen molar-refractivity contribution in [3.63, 3.8) is 0 Å². The summed E-state index contributed by atoms with van der Waals surface area (Å²) in [5.41, 5.74) is 2.45. The zero-order valence-corrected chi connectivity index (χ0v) is 11.5. The number of hydrogen-bond acceptors (Lipinski definition) is 3. The lowest BCUT2D eigenvalue weighted by Gasteiger charge is -1.99. The molecule has 0 radical (unpaired) electrons. The van der Waals surface area contributed by atoms with E-state index in [1.54, 1.807) is 37.5 Å². The zero-order chi connectivity index (χ0) is 14.7. The van der Waals surface area contributed by atoms with Crippen LogP contribution in [0.4, 0.5) is 0 Å². The monoisotopic (exact) mass is 278 g/mol. The topological polar surface area (TPSA) is 55.0 Å². The van der Waals surface area contributed by atoms with E-state index in [9.17, 15) is 4.79 Å². The van der Waals surface area contributed by atoms with Crippen LogP contribution in [0.15, 0.2) is 54.6 Å². The van der Waals surface area contributed by atoms with Crippen molar-refractivity contribution < 1.29 is 9.53 Å². The molecule has 0 atom stereocenters. The number of ketones is 1. The van der Waals surface area contributed by atoms with Crippen LogP contribution in [-0.4, -0.2) is 22.9 Å². The first-order valence-electron chi connectivity index (χ1n) is 6.57. The summed E-state index contributed by atoms with van der Waals surface area (Å²) in [6.45, 7) is 0. The molecule has 1 aromatic heterocycles. The third kappa shape index (κ3) is 2.84. The lowest BCUT2D eigenvalue weighted by atomic mass is 10.1. The highest BCUT2D eigenvalue weighted by molar-refractivity contribution is 6.06. The number of carbonyl (C=O) groups is 1. The second kappa shape index (κ2) is 5.63. The van der Waals surface area contributed by atoms with Gasteiger partial charge < -0.3 is 9.72 Å². The molecule has 0 saturated carbocycles. The van der Waals surface area contributed by atoms with Crippen molar-refractivity contribution >= 4 is 22.9 Å². The van der Waals surface area contributed by atoms with Gasteiger partial charge in [-0.15, -0.1) is 0 Å². The predicted octanol–water partition coefficient (Wildman–Crippen LogP) is 3.47. The molecule has 0 aliphatic carbocycles. The maximum atomic E-state index is 12.1. The van der Waals surface area contributed by atoms with E-state index in [-0.39, 0.29) is 5.78 Å². The number of allylic oxidation sites excluding steroid dienone is 1. The second-order valence-electron chi connectivity index (χ2n) is 4.57. The molecule has 0 spiro atoms. The molecule has 3 aromatic rings. The van der Waals surface area contributed by atoms with Gasteiger partial charge in [-0.05, 0) is 48.6 Å². The van der Waals surface area contributed by atoms with Gasteiger partial charge in [0.1, 0.15) is 11.6 Å². The molecular formula is C17H14N2O2. The number of methoxy groups -OCH3 is 1. The van der Waals surface area contributed by atoms with E-state index in [4.69, 9.17) is 4.74 Å². The van der Waals surface area contributed by atoms with Gasteiger partial charge in [-0.1, -0.05) is 12.1 Å². The number of rotatable bonds is 4. The lowest BCUT2D eigenvalue weighted by molar-refractivity contribution is 0.104. The highest BCUT2D eigenvalue weighted by Crippen LogP contribution is 2.14. The number of nitrogens with zero attached hydrogens (tertiary/aromatic N) is 1. The van der Waals surface area contributed by atoms with E-state index in [0.717, 1.165) is 16.8 Å². The molecule has 0 aliphatic heterocycles. The number of aromatic nitrogens is 2. The van der Waals surface area contributed by atoms with Crippen molar-refractivity contribution in [2.75, 3.05) is 7.11 Å². The minimum atomic E-state index is -0.0712. The SMILES string of the molecule is COc1ccc(C(=O)C=Cc2nc3ccccc3[nH]2)cc1. The summed E-state index contributed by atoms with van der Waals surface area (Å²) in [5.74, 6) is 1.32. The molecule has 1 heterocycles. The predicted molar refractivity (Wildman–Crippen MR) is 82.5 cm³/mol. The van der Waals surface area contributed by atoms with Gasteiger partial charge in [0.15, 0.2) is 5.78 Å². The molecule has 4 heteroatoms. The van der Waals surface area contributed by atoms with Gasteiger partial charge in [0.25, 0.3) is 0 Å². The normalized spacial score (nSPS) is 11.1. The summed E-state index contributed by atoms with van der Waals surface area (Å²) >= 11 is 0. The van der Waals surface area contributed by atoms with E-state index in [0.29, 0.717) is 11.4 Å². The number of carbonyl (C=O) groups excluding carboxylic acids is 1. The maximum Gasteiger partial charge on any atom is 0.185 e. The maximum absolute atomic E-state index is 12.1. The van der Waals surface area contributed by atoms with E-state index in [1.165, 1.54) is 6.08 Å². The van der Waals surface area contributed by atoms with E-state index < -0.39 is 0 Å². The molecule has 0 aliphatic rings. The van der Waals surface area contributed by atoms with Gasteiger partial charge in [0, 0.05) is 5.56 Å². The van der Waals surface area contributed by atoms with E-state index in [2.05, 4.69) is 9.97 Å². The molecule has 0 amide bonds. The number of ether oxygens (including phenoxy) is 1. The Morgan fingerprint density at radius 2 is 1.90 bits per heavy atom. The van der Waals surface area contributed by atoms with Crippen LogP contribution in [-0.2, 0) is 0 Å². The number of aromatic amines is 1. The number of H-pyrrole nitrogens is 1. The van der Waals surface area contributed by atoms with Crippen LogP contribution in [0.1, 0.15) is 16.2 Å². The van der Waals surface area contributed by atoms with E-state index >= 15 is 0 Å². The fourth-order valence-corrected chi connectivity index (χ4v) is 2.06. The molecule has 1 N–H and O–H groups in total. The van der Waals surface area contributed by atoms with Crippen molar-refractivity contribution in [3.8, 4) is 5.75 Å². The molecule has 104 valence electrons. The first-order valence-corrected chi connectivity index (χ1v) is 6.57. The van der Waals surface area contributed by atoms with Crippen LogP contribution in [0.5, 0.6) is 5.75 Å². The minimum Gasteiger partial charge on any atom is -0.497 e. The Kier molecular flexibility index (Phi) is 3.51. The van der Waals surface area contributed by atoms with Crippen molar-refractivity contribution in [2.24, 2.45) is 0 Å². The summed E-state index contributed by atoms with van der Waals surface area (Å²) in [6.07, 6.45) is 3.20. The summed E-state index contributed by atoms with van der Waals surface area (Å²) in [4.78, 5) is 19.6. The van der Waals surface area contributed by atoms with Crippen LogP contribution in [0.2, 0.25) is 0 Å². The highest BCUT2D eigenvalue weighted by atomic mass is 16.5. The highest BCUT2D eigenvalue weighted by Gasteiger charge is 2.03. The standard InChI is InChI=1S/C17H14N2O2/c1-21-13-8-6-12(7-9-13)16(20)10-11-17-18-14-4-2-3-5-15(14)19-17/h2-11H,1H3,(H,18,19). The number of para-hydroxylation sites is 2. The molecule has 21 heavy (non-hydrogen) atoms. The summed E-state index contributed by atoms with van der Waals surface area (Å²) in [7, 11) is 1.60. The Morgan fingerprint density at radius 1 is 1.14 bits per heavy atom. The smallest absolute Gasteiger partial charge is 0.185 e. The fraction of sp³-hybridized carbons (Fsp3) is 0.0588. The summed E-state index contributed by atoms with van der Waals surface area (Å²) in [6, 6.07) is 14.8. The van der Waals surface area contributed by atoms with Crippen LogP contribution >= 0.6 is 0 Å². The third-order valence-corrected chi connectivity index (χ3v) is 3.17. The molecule has 2 aromatic carbocycles. The molecule has 4 nitrogen and oxygen atoms in total. The largest absolute Gasteiger partial charge is 0.497 e. The van der Waals surface area contributed by atoms with Gasteiger partial charge in [-0.3, -0.25) is 4.79 Å². The van der Waals surface area contributed by atoms with Gasteiger partial charge >= 0.3 is 0 Å². The number of benzene rings is 2. The Labute approximate surface area is 122 Å². The molecule has 0 unspecified atom stereocenters. The van der Waals surface area contributed by atoms with Gasteiger partial charge in [0.2, 0.25) is 0 Å². The van der Waals surface area contributed by atoms with Crippen molar-refractivity contribution in [1.29, 1.82) is 0 Å². The zero-order valence-electron chi connectivity index (χ0n) is 11.5. The quantitative estimate of drug-likeness (QED) is 0.587. The van der Waals surface area contributed by atoms with Crippen LogP contribution < -0.4 is 4.74 Å². The third-order valence-electron chi connectivity index (χ3n) is 3.17. The fourth-order valence-electron chi connectivity index (χ4n) is 2.06. The lowest BCUT2D eigenvalue weighted by Crippen LogP contribution is -1.94. The summed E-state index contributed by atoms with van der Waals surface area (Å²) in [5, 5.41) is 0. The Balaban J connectivity index is 1.79. The second-order valence-corrected chi connectivity index (χ2v) is 4.57. The number of hydrogen-bond donors (Lipinski definition) is 1. The average molecular weight is 278 g/mol. The Bertz CT molecular complexity index is 768. The van der Waals surface area contributed by atoms with Crippen molar-refractivity contribution in [3.05, 3.63) is 66.0 Å². The van der Waals surface area contributed by atoms with Gasteiger partial charge in [-0.2, -0.15) is 0 Å². The number of nitrogens with one attached hydrogen (secondary N) is 1. The van der Waals surface area contributed by atoms with Crippen LogP contribution in [0.3, 0.4) is 0 Å². The molecule has 0 bridgehead atoms. The molecule has 3 rings (SSSR count). The minimum absolute atomic E-state index is 0.0712. The number of imidazole rings is 1. The molecule has 0 fully saturated rings. The first kappa shape index (κ1) is 13.1. The average Bonchev–Trinajstić information content (AvgIpc) is 2.95. The van der Waals surface area contributed by atoms with Crippen LogP contribution in [0, 0.1) is 0 Å². The molecule has 0 saturated heterocycles. The van der Waals surface area contributed by atoms with Gasteiger partial charge in [0.05, 0.1) is 18.1 Å². The Morgan fingerprint density at radius 3 is 2.62 bits per heavy atom. The van der Waals surface area contributed by atoms with Crippen molar-refractivity contribution in [2.45, 2.75) is 0 Å². The number of fused-ring (bicyclic) bond motifs is 1. The van der Waals surface area contributed by atoms with Crippen molar-refractivity contribution in [1.82, 2.24) is 9.97 Å². The van der Waals surface area contributed by atoms with Gasteiger partial charge in [-0.25, -0.2) is 4.98 Å². The first-order chi connectivity index (χ1) is 10.3. The van der Waals surface area contributed by atoms with E-state index in [1.807, 2.05) is 24.3 Å². The Hall–Kier alpha value is -2.88. The summed E-state index contributed by atoms with van der Waals surface area (Å²) < 4.78 is 5.07. The van der Waals surface area contributed by atoms with Crippen LogP contribution in [0.25, 0.3) is 17.1 Å².